The number of hydrogen-bond acceptors (Lipinski definition) is 2. The molecule has 0 radical (unpaired) electrons. The Balaban J connectivity index is 2.57. The van der Waals surface area contributed by atoms with Gasteiger partial charge in [0.1, 0.15) is 0 Å². The monoisotopic (exact) mass is 253 g/mol. The van der Waals surface area contributed by atoms with Crippen LogP contribution in [0.15, 0.2) is 42.7 Å². The van der Waals surface area contributed by atoms with E-state index in [4.69, 9.17) is 0 Å². The summed E-state index contributed by atoms with van der Waals surface area (Å²) in [4.78, 5) is 3.87. The predicted molar refractivity (Wildman–Crippen MR) is 60.6 cm³/mol. The van der Waals surface area contributed by atoms with Gasteiger partial charge in [-0.25, -0.2) is 0 Å². The third-order valence-electron chi connectivity index (χ3n) is 2.58. The fraction of sp³-hybridized carbons (Fsp3) is 0.154. The Kier molecular flexibility index (Phi) is 3.34. The minimum Gasteiger partial charge on any atom is -0.392 e. The van der Waals surface area contributed by atoms with Gasteiger partial charge in [-0.2, -0.15) is 13.2 Å². The Bertz CT molecular complexity index is 538. The van der Waals surface area contributed by atoms with Gasteiger partial charge in [0, 0.05) is 18.0 Å². The summed E-state index contributed by atoms with van der Waals surface area (Å²) in [5, 5.41) is 9.17. The molecule has 1 heterocycles. The van der Waals surface area contributed by atoms with Crippen molar-refractivity contribution in [3.05, 3.63) is 53.9 Å². The number of alkyl halides is 3. The van der Waals surface area contributed by atoms with Gasteiger partial charge in [0.2, 0.25) is 0 Å². The fourth-order valence-corrected chi connectivity index (χ4v) is 1.68. The average molecular weight is 253 g/mol. The number of aromatic nitrogens is 1. The van der Waals surface area contributed by atoms with Gasteiger partial charge in [-0.15, -0.1) is 0 Å². The molecule has 0 spiro atoms. The maximum absolute atomic E-state index is 12.6. The zero-order valence-corrected chi connectivity index (χ0v) is 9.28. The molecule has 0 atom stereocenters. The first kappa shape index (κ1) is 12.6. The van der Waals surface area contributed by atoms with E-state index in [2.05, 4.69) is 4.98 Å². The summed E-state index contributed by atoms with van der Waals surface area (Å²) < 4.78 is 37.9. The molecule has 0 saturated carbocycles. The minimum atomic E-state index is -4.40. The number of aliphatic hydroxyl groups is 1. The second kappa shape index (κ2) is 4.78. The van der Waals surface area contributed by atoms with Crippen molar-refractivity contribution in [1.29, 1.82) is 0 Å². The van der Waals surface area contributed by atoms with Crippen LogP contribution in [-0.2, 0) is 12.8 Å². The molecule has 0 aliphatic rings. The molecule has 0 fully saturated rings. The first-order valence-electron chi connectivity index (χ1n) is 5.24. The highest BCUT2D eigenvalue weighted by Crippen LogP contribution is 2.33. The molecule has 2 nitrogen and oxygen atoms in total. The summed E-state index contributed by atoms with van der Waals surface area (Å²) in [7, 11) is 0. The van der Waals surface area contributed by atoms with Crippen LogP contribution in [-0.4, -0.2) is 10.1 Å². The van der Waals surface area contributed by atoms with E-state index in [1.165, 1.54) is 18.5 Å². The van der Waals surface area contributed by atoms with Gasteiger partial charge in [-0.1, -0.05) is 12.1 Å². The lowest BCUT2D eigenvalue weighted by molar-refractivity contribution is -0.137. The van der Waals surface area contributed by atoms with Crippen LogP contribution >= 0.6 is 0 Å². The molecule has 0 aliphatic heterocycles. The highest BCUT2D eigenvalue weighted by atomic mass is 19.4. The maximum atomic E-state index is 12.6. The van der Waals surface area contributed by atoms with Gasteiger partial charge in [-0.3, -0.25) is 4.98 Å². The molecular formula is C13H10F3NO. The van der Waals surface area contributed by atoms with Crippen LogP contribution in [0.2, 0.25) is 0 Å². The predicted octanol–water partition coefficient (Wildman–Crippen LogP) is 3.26. The molecule has 1 N–H and O–H groups in total. The molecule has 0 unspecified atom stereocenters. The Morgan fingerprint density at radius 3 is 2.50 bits per heavy atom. The maximum Gasteiger partial charge on any atom is 0.416 e. The van der Waals surface area contributed by atoms with E-state index in [9.17, 15) is 18.3 Å². The van der Waals surface area contributed by atoms with Crippen molar-refractivity contribution in [2.45, 2.75) is 12.8 Å². The Morgan fingerprint density at radius 1 is 1.17 bits per heavy atom. The highest BCUT2D eigenvalue weighted by Gasteiger charge is 2.31. The van der Waals surface area contributed by atoms with Crippen LogP contribution in [0.3, 0.4) is 0 Å². The summed E-state index contributed by atoms with van der Waals surface area (Å²) in [6.07, 6.45) is -1.39. The lowest BCUT2D eigenvalue weighted by atomic mass is 9.98. The van der Waals surface area contributed by atoms with Crippen LogP contribution < -0.4 is 0 Å². The van der Waals surface area contributed by atoms with Gasteiger partial charge in [-0.05, 0) is 29.3 Å². The Morgan fingerprint density at radius 2 is 1.94 bits per heavy atom. The van der Waals surface area contributed by atoms with E-state index < -0.39 is 11.7 Å². The topological polar surface area (TPSA) is 33.1 Å². The number of benzene rings is 1. The van der Waals surface area contributed by atoms with Crippen LogP contribution in [0.1, 0.15) is 11.1 Å². The molecule has 0 bridgehead atoms. The molecule has 2 aromatic rings. The SMILES string of the molecule is OCc1ccc(C(F)(F)F)cc1-c1cccnc1. The largest absolute Gasteiger partial charge is 0.416 e. The molecule has 94 valence electrons. The summed E-state index contributed by atoms with van der Waals surface area (Å²) in [6, 6.07) is 6.57. The molecule has 0 amide bonds. The van der Waals surface area contributed by atoms with Crippen LogP contribution in [0.25, 0.3) is 11.1 Å². The fourth-order valence-electron chi connectivity index (χ4n) is 1.68. The van der Waals surface area contributed by atoms with Crippen molar-refractivity contribution in [1.82, 2.24) is 4.98 Å². The van der Waals surface area contributed by atoms with Gasteiger partial charge >= 0.3 is 6.18 Å². The Hall–Kier alpha value is -1.88. The zero-order valence-electron chi connectivity index (χ0n) is 9.28. The number of aliphatic hydroxyl groups excluding tert-OH is 1. The average Bonchev–Trinajstić information content (AvgIpc) is 2.38. The van der Waals surface area contributed by atoms with E-state index >= 15 is 0 Å². The molecule has 1 aromatic heterocycles. The first-order chi connectivity index (χ1) is 8.52. The number of rotatable bonds is 2. The van der Waals surface area contributed by atoms with Gasteiger partial charge in [0.25, 0.3) is 0 Å². The van der Waals surface area contributed by atoms with Gasteiger partial charge in [0.05, 0.1) is 12.2 Å². The summed E-state index contributed by atoms with van der Waals surface area (Å²) in [5.41, 5.74) is 0.600. The lowest BCUT2D eigenvalue weighted by Gasteiger charge is -2.12. The second-order valence-electron chi connectivity index (χ2n) is 3.77. The smallest absolute Gasteiger partial charge is 0.392 e. The third kappa shape index (κ3) is 2.51. The zero-order chi connectivity index (χ0) is 13.2. The molecule has 0 aliphatic carbocycles. The molecule has 1 aromatic carbocycles. The number of nitrogens with zero attached hydrogens (tertiary/aromatic N) is 1. The van der Waals surface area contributed by atoms with Crippen molar-refractivity contribution >= 4 is 0 Å². The van der Waals surface area contributed by atoms with Crippen molar-refractivity contribution in [3.63, 3.8) is 0 Å². The molecule has 2 rings (SSSR count). The van der Waals surface area contributed by atoms with Gasteiger partial charge < -0.3 is 5.11 Å². The molecule has 5 heteroatoms. The second-order valence-corrected chi connectivity index (χ2v) is 3.77. The summed E-state index contributed by atoms with van der Waals surface area (Å²) >= 11 is 0. The highest BCUT2D eigenvalue weighted by molar-refractivity contribution is 5.67. The van der Waals surface area contributed by atoms with Crippen LogP contribution in [0, 0.1) is 0 Å². The molecule has 0 saturated heterocycles. The minimum absolute atomic E-state index is 0.317. The van der Waals surface area contributed by atoms with Gasteiger partial charge in [0.15, 0.2) is 0 Å². The van der Waals surface area contributed by atoms with Crippen LogP contribution in [0.5, 0.6) is 0 Å². The van der Waals surface area contributed by atoms with E-state index in [0.717, 1.165) is 12.1 Å². The Labute approximate surface area is 102 Å². The molecule has 18 heavy (non-hydrogen) atoms. The third-order valence-corrected chi connectivity index (χ3v) is 2.58. The van der Waals surface area contributed by atoms with E-state index in [-0.39, 0.29) is 6.61 Å². The van der Waals surface area contributed by atoms with E-state index in [0.29, 0.717) is 16.7 Å². The lowest BCUT2D eigenvalue weighted by Crippen LogP contribution is -2.05. The standard InChI is InChI=1S/C13H10F3NO/c14-13(15,16)11-4-3-10(8-18)12(6-11)9-2-1-5-17-7-9/h1-7,18H,8H2. The quantitative estimate of drug-likeness (QED) is 0.891. The van der Waals surface area contributed by atoms with Crippen molar-refractivity contribution in [2.24, 2.45) is 0 Å². The van der Waals surface area contributed by atoms with Crippen molar-refractivity contribution in [3.8, 4) is 11.1 Å². The number of hydrogen-bond donors (Lipinski definition) is 1. The van der Waals surface area contributed by atoms with E-state index in [1.54, 1.807) is 12.1 Å². The first-order valence-corrected chi connectivity index (χ1v) is 5.24. The van der Waals surface area contributed by atoms with Crippen molar-refractivity contribution in [2.75, 3.05) is 0 Å². The van der Waals surface area contributed by atoms with Crippen molar-refractivity contribution < 1.29 is 18.3 Å². The number of halogens is 3. The summed E-state index contributed by atoms with van der Waals surface area (Å²) in [5.74, 6) is 0. The van der Waals surface area contributed by atoms with Crippen LogP contribution in [0.4, 0.5) is 13.2 Å². The summed E-state index contributed by atoms with van der Waals surface area (Å²) in [6.45, 7) is -0.317. The number of pyridine rings is 1. The molecular weight excluding hydrogens is 243 g/mol. The van der Waals surface area contributed by atoms with E-state index in [1.807, 2.05) is 0 Å². The normalized spacial score (nSPS) is 11.6.